The van der Waals surface area contributed by atoms with Crippen LogP contribution in [-0.4, -0.2) is 26.2 Å². The van der Waals surface area contributed by atoms with E-state index >= 15 is 0 Å². The Hall–Kier alpha value is -1.58. The van der Waals surface area contributed by atoms with Crippen LogP contribution in [0.15, 0.2) is 24.8 Å². The number of hydrogen-bond acceptors (Lipinski definition) is 4. The number of carbonyl (C=O) groups excluding carboxylic acids is 2. The Morgan fingerprint density at radius 1 is 1.33 bits per heavy atom. The largest absolute Gasteiger partial charge is 0.468 e. The summed E-state index contributed by atoms with van der Waals surface area (Å²) in [5.41, 5.74) is -1.12. The van der Waals surface area contributed by atoms with Crippen LogP contribution in [0, 0.1) is 11.3 Å². The lowest BCUT2D eigenvalue weighted by molar-refractivity contribution is -0.161. The Balaban J connectivity index is 2.84. The van der Waals surface area contributed by atoms with Crippen molar-refractivity contribution in [3.63, 3.8) is 0 Å². The molecule has 0 aliphatic heterocycles. The SMILES string of the molecule is C=C/C=C\C1CC1(C(=O)OC)C(=O)OC. The van der Waals surface area contributed by atoms with Gasteiger partial charge < -0.3 is 9.47 Å². The van der Waals surface area contributed by atoms with Gasteiger partial charge in [0.1, 0.15) is 0 Å². The summed E-state index contributed by atoms with van der Waals surface area (Å²) < 4.78 is 9.22. The maximum atomic E-state index is 11.5. The van der Waals surface area contributed by atoms with Crippen LogP contribution in [0.5, 0.6) is 0 Å². The molecule has 15 heavy (non-hydrogen) atoms. The number of rotatable bonds is 4. The van der Waals surface area contributed by atoms with Gasteiger partial charge in [-0.1, -0.05) is 24.8 Å². The number of methoxy groups -OCH3 is 2. The van der Waals surface area contributed by atoms with Gasteiger partial charge in [-0.15, -0.1) is 0 Å². The van der Waals surface area contributed by atoms with E-state index in [4.69, 9.17) is 0 Å². The third-order valence-electron chi connectivity index (χ3n) is 2.59. The minimum Gasteiger partial charge on any atom is -0.468 e. The smallest absolute Gasteiger partial charge is 0.323 e. The third-order valence-corrected chi connectivity index (χ3v) is 2.59. The van der Waals surface area contributed by atoms with E-state index in [0.29, 0.717) is 6.42 Å². The molecule has 82 valence electrons. The average Bonchev–Trinajstić information content (AvgIpc) is 2.99. The quantitative estimate of drug-likeness (QED) is 0.396. The molecule has 0 heterocycles. The molecule has 0 saturated heterocycles. The van der Waals surface area contributed by atoms with Gasteiger partial charge in [-0.25, -0.2) is 0 Å². The molecule has 1 aliphatic carbocycles. The molecular weight excluding hydrogens is 196 g/mol. The first-order chi connectivity index (χ1) is 7.13. The van der Waals surface area contributed by atoms with E-state index in [1.54, 1.807) is 18.2 Å². The first-order valence-corrected chi connectivity index (χ1v) is 4.59. The zero-order valence-corrected chi connectivity index (χ0v) is 8.86. The zero-order chi connectivity index (χ0) is 11.5. The van der Waals surface area contributed by atoms with Gasteiger partial charge in [-0.2, -0.15) is 0 Å². The summed E-state index contributed by atoms with van der Waals surface area (Å²) in [4.78, 5) is 23.0. The van der Waals surface area contributed by atoms with E-state index in [0.717, 1.165) is 0 Å². The van der Waals surface area contributed by atoms with Crippen molar-refractivity contribution in [1.29, 1.82) is 0 Å². The maximum Gasteiger partial charge on any atom is 0.323 e. The Morgan fingerprint density at radius 2 is 1.87 bits per heavy atom. The second-order valence-electron chi connectivity index (χ2n) is 3.39. The fourth-order valence-electron chi connectivity index (χ4n) is 1.65. The average molecular weight is 210 g/mol. The van der Waals surface area contributed by atoms with Crippen LogP contribution in [0.1, 0.15) is 6.42 Å². The van der Waals surface area contributed by atoms with Crippen molar-refractivity contribution in [1.82, 2.24) is 0 Å². The van der Waals surface area contributed by atoms with Crippen LogP contribution in [0.25, 0.3) is 0 Å². The van der Waals surface area contributed by atoms with E-state index in [9.17, 15) is 9.59 Å². The highest BCUT2D eigenvalue weighted by molar-refractivity contribution is 6.04. The molecule has 1 saturated carbocycles. The second-order valence-corrected chi connectivity index (χ2v) is 3.39. The van der Waals surface area contributed by atoms with Crippen LogP contribution in [-0.2, 0) is 19.1 Å². The van der Waals surface area contributed by atoms with Gasteiger partial charge in [-0.3, -0.25) is 9.59 Å². The van der Waals surface area contributed by atoms with Crippen molar-refractivity contribution >= 4 is 11.9 Å². The van der Waals surface area contributed by atoms with Crippen LogP contribution >= 0.6 is 0 Å². The monoisotopic (exact) mass is 210 g/mol. The van der Waals surface area contributed by atoms with Crippen LogP contribution in [0.2, 0.25) is 0 Å². The Morgan fingerprint density at radius 3 is 2.27 bits per heavy atom. The Labute approximate surface area is 88.6 Å². The Bertz CT molecular complexity index is 301. The number of allylic oxidation sites excluding steroid dienone is 3. The molecule has 0 aromatic carbocycles. The molecule has 1 aliphatic rings. The molecule has 0 aromatic heterocycles. The molecule has 0 amide bonds. The summed E-state index contributed by atoms with van der Waals surface area (Å²) in [6.07, 6.45) is 5.51. The summed E-state index contributed by atoms with van der Waals surface area (Å²) in [6, 6.07) is 0. The normalized spacial score (nSPS) is 22.1. The lowest BCUT2D eigenvalue weighted by atomic mass is 10.0. The number of esters is 2. The van der Waals surface area contributed by atoms with Gasteiger partial charge in [0, 0.05) is 5.92 Å². The third kappa shape index (κ3) is 1.79. The molecule has 4 nitrogen and oxygen atoms in total. The Kier molecular flexibility index (Phi) is 3.29. The molecule has 1 fully saturated rings. The molecule has 1 atom stereocenters. The predicted molar refractivity (Wildman–Crippen MR) is 53.9 cm³/mol. The second kappa shape index (κ2) is 4.29. The molecule has 1 rings (SSSR count). The molecule has 4 heteroatoms. The molecule has 0 N–H and O–H groups in total. The topological polar surface area (TPSA) is 52.6 Å². The molecule has 0 spiro atoms. The maximum absolute atomic E-state index is 11.5. The highest BCUT2D eigenvalue weighted by Crippen LogP contribution is 2.55. The predicted octanol–water partition coefficient (Wildman–Crippen LogP) is 1.08. The lowest BCUT2D eigenvalue weighted by Gasteiger charge is -2.10. The summed E-state index contributed by atoms with van der Waals surface area (Å²) in [7, 11) is 2.53. The molecule has 0 aromatic rings. The minimum absolute atomic E-state index is 0.143. The van der Waals surface area contributed by atoms with Crippen molar-refractivity contribution in [3.8, 4) is 0 Å². The van der Waals surface area contributed by atoms with Crippen molar-refractivity contribution < 1.29 is 19.1 Å². The van der Waals surface area contributed by atoms with Crippen molar-refractivity contribution in [2.45, 2.75) is 6.42 Å². The van der Waals surface area contributed by atoms with Crippen molar-refractivity contribution in [2.24, 2.45) is 11.3 Å². The van der Waals surface area contributed by atoms with Gasteiger partial charge in [0.2, 0.25) is 0 Å². The molecular formula is C11H14O4. The molecule has 1 unspecified atom stereocenters. The standard InChI is InChI=1S/C11H14O4/c1-4-5-6-8-7-11(8,9(12)14-2)10(13)15-3/h4-6,8H,1,7H2,2-3H3/b6-5-. The highest BCUT2D eigenvalue weighted by atomic mass is 16.5. The molecule has 0 radical (unpaired) electrons. The van der Waals surface area contributed by atoms with E-state index in [2.05, 4.69) is 16.1 Å². The van der Waals surface area contributed by atoms with Crippen LogP contribution in [0.3, 0.4) is 0 Å². The summed E-state index contributed by atoms with van der Waals surface area (Å²) in [5, 5.41) is 0. The van der Waals surface area contributed by atoms with E-state index in [-0.39, 0.29) is 5.92 Å². The first kappa shape index (κ1) is 11.5. The summed E-state index contributed by atoms with van der Waals surface area (Å²) in [6.45, 7) is 3.52. The fourth-order valence-corrected chi connectivity index (χ4v) is 1.65. The fraction of sp³-hybridized carbons (Fsp3) is 0.455. The van der Waals surface area contributed by atoms with Gasteiger partial charge in [0.05, 0.1) is 14.2 Å². The summed E-state index contributed by atoms with van der Waals surface area (Å²) >= 11 is 0. The van der Waals surface area contributed by atoms with Crippen LogP contribution in [0.4, 0.5) is 0 Å². The number of carbonyl (C=O) groups is 2. The van der Waals surface area contributed by atoms with Crippen LogP contribution < -0.4 is 0 Å². The van der Waals surface area contributed by atoms with Gasteiger partial charge >= 0.3 is 11.9 Å². The number of hydrogen-bond donors (Lipinski definition) is 0. The zero-order valence-electron chi connectivity index (χ0n) is 8.86. The van der Waals surface area contributed by atoms with Gasteiger partial charge in [-0.05, 0) is 6.42 Å². The molecule has 0 bridgehead atoms. The van der Waals surface area contributed by atoms with Crippen molar-refractivity contribution in [3.05, 3.63) is 24.8 Å². The first-order valence-electron chi connectivity index (χ1n) is 4.59. The number of ether oxygens (including phenoxy) is 2. The summed E-state index contributed by atoms with van der Waals surface area (Å²) in [5.74, 6) is -1.21. The van der Waals surface area contributed by atoms with Gasteiger partial charge in [0.25, 0.3) is 0 Å². The highest BCUT2D eigenvalue weighted by Gasteiger charge is 2.66. The minimum atomic E-state index is -1.12. The van der Waals surface area contributed by atoms with Gasteiger partial charge in [0.15, 0.2) is 5.41 Å². The van der Waals surface area contributed by atoms with E-state index < -0.39 is 17.4 Å². The van der Waals surface area contributed by atoms with E-state index in [1.165, 1.54) is 14.2 Å². The lowest BCUT2D eigenvalue weighted by Crippen LogP contribution is -2.30. The van der Waals surface area contributed by atoms with Crippen molar-refractivity contribution in [2.75, 3.05) is 14.2 Å². The van der Waals surface area contributed by atoms with E-state index in [1.807, 2.05) is 0 Å².